The average Bonchev–Trinajstić information content (AvgIpc) is 2.63. The maximum Gasteiger partial charge on any atom is 0.534 e. The third kappa shape index (κ3) is 5.20. The summed E-state index contributed by atoms with van der Waals surface area (Å²) in [4.78, 5) is 12.2. The van der Waals surface area contributed by atoms with Crippen molar-refractivity contribution in [2.24, 2.45) is 0 Å². The second kappa shape index (κ2) is 8.73. The zero-order chi connectivity index (χ0) is 21.8. The van der Waals surface area contributed by atoms with Crippen molar-refractivity contribution in [2.75, 3.05) is 6.61 Å². The lowest BCUT2D eigenvalue weighted by atomic mass is 10.0. The fourth-order valence-corrected chi connectivity index (χ4v) is 2.89. The number of carbonyl (C=O) groups excluding carboxylic acids is 1. The Kier molecular flexibility index (Phi) is 6.78. The van der Waals surface area contributed by atoms with Gasteiger partial charge in [-0.05, 0) is 37.5 Å². The molecule has 2 rings (SSSR count). The molecule has 6 nitrogen and oxygen atoms in total. The molecule has 0 aromatic heterocycles. The van der Waals surface area contributed by atoms with Gasteiger partial charge in [0.25, 0.3) is 0 Å². The lowest BCUT2D eigenvalue weighted by Crippen LogP contribution is -2.29. The molecule has 0 saturated carbocycles. The van der Waals surface area contributed by atoms with Gasteiger partial charge in [-0.15, -0.1) is 0 Å². The number of hydrogen-bond acceptors (Lipinski definition) is 6. The topological polar surface area (TPSA) is 78.9 Å². The van der Waals surface area contributed by atoms with Crippen molar-refractivity contribution in [1.82, 2.24) is 0 Å². The van der Waals surface area contributed by atoms with Crippen LogP contribution in [0.15, 0.2) is 36.4 Å². The van der Waals surface area contributed by atoms with Crippen molar-refractivity contribution in [2.45, 2.75) is 32.9 Å². The highest BCUT2D eigenvalue weighted by atomic mass is 32.2. The molecule has 0 aliphatic rings. The Morgan fingerprint density at radius 3 is 2.21 bits per heavy atom. The molecule has 0 spiro atoms. The first-order valence-corrected chi connectivity index (χ1v) is 9.87. The molecule has 0 fully saturated rings. The lowest BCUT2D eigenvalue weighted by molar-refractivity contribution is -0.0500. The largest absolute Gasteiger partial charge is 0.534 e. The Bertz CT molecular complexity index is 985. The molecule has 0 N–H and O–H groups in total. The molecule has 0 aliphatic carbocycles. The Morgan fingerprint density at radius 1 is 1.03 bits per heavy atom. The SMILES string of the molecule is CCOC(=O)c1c(OS(=O)(=O)C(F)(F)F)cc(OCc2ccccc2)c(C)c1C. The summed E-state index contributed by atoms with van der Waals surface area (Å²) in [5.41, 5.74) is -4.68. The van der Waals surface area contributed by atoms with Crippen LogP contribution < -0.4 is 8.92 Å². The molecule has 0 amide bonds. The van der Waals surface area contributed by atoms with E-state index < -0.39 is 32.9 Å². The van der Waals surface area contributed by atoms with Crippen LogP contribution in [0.1, 0.15) is 34.0 Å². The van der Waals surface area contributed by atoms with E-state index in [-0.39, 0.29) is 24.5 Å². The zero-order valence-electron chi connectivity index (χ0n) is 15.9. The third-order valence-corrected chi connectivity index (χ3v) is 4.98. The number of ether oxygens (including phenoxy) is 2. The van der Waals surface area contributed by atoms with Crippen LogP contribution in [-0.4, -0.2) is 26.5 Å². The lowest BCUT2D eigenvalue weighted by Gasteiger charge is -2.18. The minimum absolute atomic E-state index is 0.0605. The summed E-state index contributed by atoms with van der Waals surface area (Å²) in [6.45, 7) is 4.54. The van der Waals surface area contributed by atoms with Gasteiger partial charge < -0.3 is 13.7 Å². The second-order valence-electron chi connectivity index (χ2n) is 5.98. The highest BCUT2D eigenvalue weighted by molar-refractivity contribution is 7.88. The molecule has 0 aliphatic heterocycles. The van der Waals surface area contributed by atoms with Crippen LogP contribution in [-0.2, 0) is 21.5 Å². The first-order chi connectivity index (χ1) is 13.5. The first-order valence-electron chi connectivity index (χ1n) is 8.46. The van der Waals surface area contributed by atoms with Gasteiger partial charge in [0.2, 0.25) is 0 Å². The predicted octanol–water partition coefficient (Wildman–Crippen LogP) is 4.29. The molecule has 158 valence electrons. The van der Waals surface area contributed by atoms with Crippen LogP contribution in [0.25, 0.3) is 0 Å². The summed E-state index contributed by atoms with van der Waals surface area (Å²) >= 11 is 0. The van der Waals surface area contributed by atoms with E-state index in [1.54, 1.807) is 37.3 Å². The van der Waals surface area contributed by atoms with Gasteiger partial charge in [0.15, 0.2) is 5.75 Å². The summed E-state index contributed by atoms with van der Waals surface area (Å²) < 4.78 is 76.1. The quantitative estimate of drug-likeness (QED) is 0.369. The monoisotopic (exact) mass is 432 g/mol. The van der Waals surface area contributed by atoms with Gasteiger partial charge in [-0.2, -0.15) is 21.6 Å². The van der Waals surface area contributed by atoms with Crippen molar-refractivity contribution in [3.05, 3.63) is 58.7 Å². The Balaban J connectivity index is 2.52. The summed E-state index contributed by atoms with van der Waals surface area (Å²) in [7, 11) is -6.00. The molecule has 0 saturated heterocycles. The smallest absolute Gasteiger partial charge is 0.488 e. The summed E-state index contributed by atoms with van der Waals surface area (Å²) in [6, 6.07) is 9.87. The third-order valence-electron chi connectivity index (χ3n) is 4.02. The maximum atomic E-state index is 12.8. The van der Waals surface area contributed by atoms with Crippen LogP contribution in [0.3, 0.4) is 0 Å². The van der Waals surface area contributed by atoms with E-state index in [4.69, 9.17) is 9.47 Å². The molecule has 0 atom stereocenters. The molecule has 0 bridgehead atoms. The van der Waals surface area contributed by atoms with E-state index in [0.29, 0.717) is 5.56 Å². The summed E-state index contributed by atoms with van der Waals surface area (Å²) in [5.74, 6) is -1.74. The fourth-order valence-electron chi connectivity index (χ4n) is 2.43. The maximum absolute atomic E-state index is 12.8. The van der Waals surface area contributed by atoms with Gasteiger partial charge in [-0.25, -0.2) is 4.79 Å². The normalized spacial score (nSPS) is 11.8. The number of alkyl halides is 3. The summed E-state index contributed by atoms with van der Waals surface area (Å²) in [5, 5.41) is 0. The van der Waals surface area contributed by atoms with Crippen LogP contribution in [0.2, 0.25) is 0 Å². The number of benzene rings is 2. The number of carbonyl (C=O) groups is 1. The van der Waals surface area contributed by atoms with Crippen molar-refractivity contribution in [3.63, 3.8) is 0 Å². The molecule has 29 heavy (non-hydrogen) atoms. The Labute approximate surface area is 166 Å². The number of rotatable bonds is 7. The van der Waals surface area contributed by atoms with Crippen LogP contribution in [0.4, 0.5) is 13.2 Å². The predicted molar refractivity (Wildman–Crippen MR) is 98.2 cm³/mol. The fraction of sp³-hybridized carbons (Fsp3) is 0.316. The molecule has 0 heterocycles. The Hall–Kier alpha value is -2.75. The second-order valence-corrected chi connectivity index (χ2v) is 7.51. The van der Waals surface area contributed by atoms with Gasteiger partial charge in [0.1, 0.15) is 17.9 Å². The van der Waals surface area contributed by atoms with E-state index in [1.807, 2.05) is 0 Å². The first kappa shape index (κ1) is 22.5. The number of halogens is 3. The highest BCUT2D eigenvalue weighted by Crippen LogP contribution is 2.37. The Morgan fingerprint density at radius 2 is 1.66 bits per heavy atom. The number of esters is 1. The van der Waals surface area contributed by atoms with Crippen molar-refractivity contribution >= 4 is 16.1 Å². The van der Waals surface area contributed by atoms with E-state index >= 15 is 0 Å². The van der Waals surface area contributed by atoms with E-state index in [1.165, 1.54) is 13.8 Å². The summed E-state index contributed by atoms with van der Waals surface area (Å²) in [6.07, 6.45) is 0. The average molecular weight is 432 g/mol. The van der Waals surface area contributed by atoms with Gasteiger partial charge in [-0.3, -0.25) is 0 Å². The standard InChI is InChI=1S/C19H19F3O6S/c1-4-26-18(23)17-13(3)12(2)15(27-11-14-8-6-5-7-9-14)10-16(17)28-29(24,25)19(20,21)22/h5-10H,4,11H2,1-3H3. The van der Waals surface area contributed by atoms with Crippen LogP contribution in [0.5, 0.6) is 11.5 Å². The zero-order valence-corrected chi connectivity index (χ0v) is 16.7. The molecular weight excluding hydrogens is 413 g/mol. The number of hydrogen-bond donors (Lipinski definition) is 0. The van der Waals surface area contributed by atoms with Crippen LogP contribution >= 0.6 is 0 Å². The van der Waals surface area contributed by atoms with Crippen molar-refractivity contribution in [1.29, 1.82) is 0 Å². The van der Waals surface area contributed by atoms with E-state index in [9.17, 15) is 26.4 Å². The molecule has 2 aromatic rings. The van der Waals surface area contributed by atoms with E-state index in [0.717, 1.165) is 11.6 Å². The minimum atomic E-state index is -6.00. The highest BCUT2D eigenvalue weighted by Gasteiger charge is 2.49. The molecule has 0 radical (unpaired) electrons. The van der Waals surface area contributed by atoms with Crippen molar-refractivity contribution < 1.29 is 40.0 Å². The molecule has 2 aromatic carbocycles. The molecular formula is C19H19F3O6S. The minimum Gasteiger partial charge on any atom is -0.488 e. The van der Waals surface area contributed by atoms with E-state index in [2.05, 4.69) is 4.18 Å². The van der Waals surface area contributed by atoms with Gasteiger partial charge in [0.05, 0.1) is 6.61 Å². The molecule has 0 unspecified atom stereocenters. The van der Waals surface area contributed by atoms with Crippen LogP contribution in [0, 0.1) is 13.8 Å². The van der Waals surface area contributed by atoms with Gasteiger partial charge in [-0.1, -0.05) is 30.3 Å². The van der Waals surface area contributed by atoms with Gasteiger partial charge >= 0.3 is 21.6 Å². The van der Waals surface area contributed by atoms with Crippen molar-refractivity contribution in [3.8, 4) is 11.5 Å². The van der Waals surface area contributed by atoms with Gasteiger partial charge in [0, 0.05) is 6.07 Å². The molecule has 10 heteroatoms.